The molecule has 2 aromatic carbocycles. The maximum absolute atomic E-state index is 12.4. The maximum Gasteiger partial charge on any atom is 0.269 e. The molecule has 9 heteroatoms. The van der Waals surface area contributed by atoms with Crippen molar-refractivity contribution in [1.82, 2.24) is 15.6 Å². The Hall–Kier alpha value is -2.42. The van der Waals surface area contributed by atoms with Crippen LogP contribution in [0.3, 0.4) is 0 Å². The highest BCUT2D eigenvalue weighted by Gasteiger charge is 2.29. The number of rotatable bonds is 5. The lowest BCUT2D eigenvalue weighted by molar-refractivity contribution is 0.0846. The average molecular weight is 408 g/mol. The highest BCUT2D eigenvalue weighted by atomic mass is 35.5. The van der Waals surface area contributed by atoms with E-state index < -0.39 is 21.8 Å². The van der Waals surface area contributed by atoms with Gasteiger partial charge in [0, 0.05) is 17.2 Å². The predicted molar refractivity (Wildman–Crippen MR) is 101 cm³/mol. The molecule has 0 heterocycles. The van der Waals surface area contributed by atoms with Gasteiger partial charge in [0.1, 0.15) is 4.90 Å². The van der Waals surface area contributed by atoms with E-state index in [1.54, 1.807) is 31.2 Å². The van der Waals surface area contributed by atoms with E-state index in [0.717, 1.165) is 18.4 Å². The Morgan fingerprint density at radius 3 is 2.37 bits per heavy atom. The molecule has 2 amide bonds. The van der Waals surface area contributed by atoms with Crippen molar-refractivity contribution in [3.05, 3.63) is 64.2 Å². The van der Waals surface area contributed by atoms with Gasteiger partial charge in [0.2, 0.25) is 10.0 Å². The molecule has 0 aromatic heterocycles. The second kappa shape index (κ2) is 7.67. The lowest BCUT2D eigenvalue weighted by Crippen LogP contribution is -2.42. The molecule has 1 saturated carbocycles. The molecule has 0 bridgehead atoms. The van der Waals surface area contributed by atoms with Gasteiger partial charge in [0.25, 0.3) is 11.8 Å². The Labute approximate surface area is 162 Å². The first kappa shape index (κ1) is 19.3. The first-order valence-corrected chi connectivity index (χ1v) is 10.1. The summed E-state index contributed by atoms with van der Waals surface area (Å²) in [5, 5.41) is 0.0173. The van der Waals surface area contributed by atoms with Crippen molar-refractivity contribution in [2.75, 3.05) is 0 Å². The minimum Gasteiger partial charge on any atom is -0.267 e. The molecule has 0 aliphatic heterocycles. The van der Waals surface area contributed by atoms with Crippen molar-refractivity contribution in [3.63, 3.8) is 0 Å². The summed E-state index contributed by atoms with van der Waals surface area (Å²) in [6.07, 6.45) is 1.56. The minimum atomic E-state index is -3.81. The number of amides is 2. The van der Waals surface area contributed by atoms with Gasteiger partial charge >= 0.3 is 0 Å². The summed E-state index contributed by atoms with van der Waals surface area (Å²) < 4.78 is 27.3. The van der Waals surface area contributed by atoms with Crippen LogP contribution in [0.25, 0.3) is 0 Å². The van der Waals surface area contributed by atoms with Gasteiger partial charge in [-0.2, -0.15) is 0 Å². The summed E-state index contributed by atoms with van der Waals surface area (Å²) in [4.78, 5) is 24.3. The number of hydrazine groups is 1. The van der Waals surface area contributed by atoms with E-state index in [2.05, 4.69) is 15.6 Å². The molecule has 1 aliphatic rings. The fourth-order valence-corrected chi connectivity index (χ4v) is 4.25. The summed E-state index contributed by atoms with van der Waals surface area (Å²) in [5.74, 6) is -1.13. The number of carbonyl (C=O) groups excluding carboxylic acids is 2. The first-order valence-electron chi connectivity index (χ1n) is 8.26. The van der Waals surface area contributed by atoms with Gasteiger partial charge in [0.15, 0.2) is 0 Å². The maximum atomic E-state index is 12.4. The lowest BCUT2D eigenvalue weighted by Gasteiger charge is -2.11. The Morgan fingerprint density at radius 1 is 1.04 bits per heavy atom. The molecule has 0 radical (unpaired) electrons. The predicted octanol–water partition coefficient (Wildman–Crippen LogP) is 2.16. The normalized spacial score (nSPS) is 13.9. The second-order valence-corrected chi connectivity index (χ2v) is 8.35. The van der Waals surface area contributed by atoms with Crippen LogP contribution in [0.1, 0.15) is 39.1 Å². The average Bonchev–Trinajstić information content (AvgIpc) is 3.43. The van der Waals surface area contributed by atoms with E-state index in [1.165, 1.54) is 18.2 Å². The molecule has 0 unspecified atom stereocenters. The summed E-state index contributed by atoms with van der Waals surface area (Å²) >= 11 is 5.99. The number of halogens is 1. The second-order valence-electron chi connectivity index (χ2n) is 6.26. The van der Waals surface area contributed by atoms with Crippen LogP contribution in [0.5, 0.6) is 0 Å². The summed E-state index contributed by atoms with van der Waals surface area (Å²) in [7, 11) is -3.81. The van der Waals surface area contributed by atoms with E-state index in [-0.39, 0.29) is 21.5 Å². The molecule has 0 saturated heterocycles. The Kier molecular flexibility index (Phi) is 5.50. The van der Waals surface area contributed by atoms with Crippen molar-refractivity contribution in [2.24, 2.45) is 0 Å². The van der Waals surface area contributed by atoms with E-state index in [4.69, 9.17) is 11.6 Å². The van der Waals surface area contributed by atoms with Gasteiger partial charge in [0.05, 0.1) is 5.02 Å². The standard InChI is InChI=1S/C18H18ClN3O4S/c1-11-4-2-3-5-14(11)18(24)21-20-17(23)12-6-9-15(19)16(10-12)27(25,26)22-13-7-8-13/h2-6,9-10,13,22H,7-8H2,1H3,(H,20,23)(H,21,24). The number of sulfonamides is 1. The molecule has 27 heavy (non-hydrogen) atoms. The quantitative estimate of drug-likeness (QED) is 0.660. The van der Waals surface area contributed by atoms with Crippen molar-refractivity contribution >= 4 is 33.4 Å². The fraction of sp³-hybridized carbons (Fsp3) is 0.222. The molecular formula is C18H18ClN3O4S. The molecule has 1 aliphatic carbocycles. The van der Waals surface area contributed by atoms with Crippen LogP contribution >= 0.6 is 11.6 Å². The first-order chi connectivity index (χ1) is 12.8. The fourth-order valence-electron chi connectivity index (χ4n) is 2.42. The number of carbonyl (C=O) groups is 2. The molecule has 3 N–H and O–H groups in total. The van der Waals surface area contributed by atoms with Gasteiger partial charge in [-0.3, -0.25) is 20.4 Å². The van der Waals surface area contributed by atoms with Gasteiger partial charge in [-0.15, -0.1) is 0 Å². The zero-order valence-corrected chi connectivity index (χ0v) is 16.0. The molecule has 7 nitrogen and oxygen atoms in total. The largest absolute Gasteiger partial charge is 0.269 e. The zero-order chi connectivity index (χ0) is 19.6. The molecule has 3 rings (SSSR count). The summed E-state index contributed by atoms with van der Waals surface area (Å²) in [5.41, 5.74) is 5.83. The molecular weight excluding hydrogens is 390 g/mol. The van der Waals surface area contributed by atoms with E-state index in [0.29, 0.717) is 5.56 Å². The molecule has 2 aromatic rings. The molecule has 142 valence electrons. The van der Waals surface area contributed by atoms with Crippen molar-refractivity contribution in [1.29, 1.82) is 0 Å². The molecule has 0 spiro atoms. The van der Waals surface area contributed by atoms with Gasteiger partial charge in [-0.25, -0.2) is 13.1 Å². The topological polar surface area (TPSA) is 104 Å². The van der Waals surface area contributed by atoms with Gasteiger partial charge < -0.3 is 0 Å². The minimum absolute atomic E-state index is 0.0173. The number of hydrogen-bond donors (Lipinski definition) is 3. The van der Waals surface area contributed by atoms with Crippen LogP contribution in [0, 0.1) is 6.92 Å². The van der Waals surface area contributed by atoms with E-state index >= 15 is 0 Å². The SMILES string of the molecule is Cc1ccccc1C(=O)NNC(=O)c1ccc(Cl)c(S(=O)(=O)NC2CC2)c1. The Balaban J connectivity index is 1.72. The van der Waals surface area contributed by atoms with Crippen molar-refractivity contribution in [3.8, 4) is 0 Å². The third kappa shape index (κ3) is 4.65. The Bertz CT molecular complexity index is 1000. The van der Waals surface area contributed by atoms with Crippen molar-refractivity contribution in [2.45, 2.75) is 30.7 Å². The van der Waals surface area contributed by atoms with Gasteiger partial charge in [-0.1, -0.05) is 29.8 Å². The monoisotopic (exact) mass is 407 g/mol. The van der Waals surface area contributed by atoms with Gasteiger partial charge in [-0.05, 0) is 49.6 Å². The van der Waals surface area contributed by atoms with Crippen molar-refractivity contribution < 1.29 is 18.0 Å². The third-order valence-electron chi connectivity index (χ3n) is 4.06. The highest BCUT2D eigenvalue weighted by molar-refractivity contribution is 7.89. The Morgan fingerprint density at radius 2 is 1.70 bits per heavy atom. The number of hydrogen-bond acceptors (Lipinski definition) is 4. The van der Waals surface area contributed by atoms with E-state index in [9.17, 15) is 18.0 Å². The van der Waals surface area contributed by atoms with Crippen LogP contribution in [-0.2, 0) is 10.0 Å². The summed E-state index contributed by atoms with van der Waals surface area (Å²) in [6.45, 7) is 1.78. The van der Waals surface area contributed by atoms with E-state index in [1.807, 2.05) is 0 Å². The van der Waals surface area contributed by atoms with Crippen LogP contribution in [0.2, 0.25) is 5.02 Å². The molecule has 1 fully saturated rings. The smallest absolute Gasteiger partial charge is 0.267 e. The summed E-state index contributed by atoms with van der Waals surface area (Å²) in [6, 6.07) is 10.7. The number of nitrogens with one attached hydrogen (secondary N) is 3. The van der Waals surface area contributed by atoms with Crippen LogP contribution < -0.4 is 15.6 Å². The lowest BCUT2D eigenvalue weighted by atomic mass is 10.1. The number of aryl methyl sites for hydroxylation is 1. The third-order valence-corrected chi connectivity index (χ3v) is 6.06. The number of benzene rings is 2. The zero-order valence-electron chi connectivity index (χ0n) is 14.5. The molecule has 0 atom stereocenters. The van der Waals surface area contributed by atoms with Crippen LogP contribution in [-0.4, -0.2) is 26.3 Å². The van der Waals surface area contributed by atoms with Crippen LogP contribution in [0.15, 0.2) is 47.4 Å². The van der Waals surface area contributed by atoms with Crippen LogP contribution in [0.4, 0.5) is 0 Å². The highest BCUT2D eigenvalue weighted by Crippen LogP contribution is 2.26.